The SMILES string of the molecule is COc1c(OC)c(O)c2c(=O)c3cccc(O)c3oc2c1OC. The van der Waals surface area contributed by atoms with E-state index in [-0.39, 0.29) is 44.9 Å². The van der Waals surface area contributed by atoms with Gasteiger partial charge in [0, 0.05) is 0 Å². The van der Waals surface area contributed by atoms with Gasteiger partial charge in [0.1, 0.15) is 5.39 Å². The lowest BCUT2D eigenvalue weighted by Gasteiger charge is -2.15. The molecule has 0 fully saturated rings. The Kier molecular flexibility index (Phi) is 3.40. The minimum Gasteiger partial charge on any atom is -0.504 e. The molecule has 0 bridgehead atoms. The Morgan fingerprint density at radius 3 is 2.17 bits per heavy atom. The number of aromatic hydroxyl groups is 2. The fourth-order valence-electron chi connectivity index (χ4n) is 2.56. The van der Waals surface area contributed by atoms with Crippen LogP contribution in [0.3, 0.4) is 0 Å². The summed E-state index contributed by atoms with van der Waals surface area (Å²) >= 11 is 0. The van der Waals surface area contributed by atoms with Gasteiger partial charge in [-0.3, -0.25) is 4.79 Å². The molecule has 0 radical (unpaired) electrons. The van der Waals surface area contributed by atoms with Crippen molar-refractivity contribution in [2.45, 2.75) is 0 Å². The van der Waals surface area contributed by atoms with Gasteiger partial charge in [0.25, 0.3) is 0 Å². The van der Waals surface area contributed by atoms with E-state index in [1.54, 1.807) is 0 Å². The predicted molar refractivity (Wildman–Crippen MR) is 83.0 cm³/mol. The van der Waals surface area contributed by atoms with Gasteiger partial charge in [-0.25, -0.2) is 0 Å². The fraction of sp³-hybridized carbons (Fsp3) is 0.188. The Morgan fingerprint density at radius 1 is 0.913 bits per heavy atom. The summed E-state index contributed by atoms with van der Waals surface area (Å²) in [4.78, 5) is 12.7. The Bertz CT molecular complexity index is 972. The number of para-hydroxylation sites is 1. The highest BCUT2D eigenvalue weighted by molar-refractivity contribution is 6.00. The van der Waals surface area contributed by atoms with Crippen LogP contribution in [-0.4, -0.2) is 31.5 Å². The number of rotatable bonds is 3. The minimum absolute atomic E-state index is 0.00470. The van der Waals surface area contributed by atoms with E-state index >= 15 is 0 Å². The van der Waals surface area contributed by atoms with E-state index in [1.165, 1.54) is 39.5 Å². The van der Waals surface area contributed by atoms with E-state index in [0.29, 0.717) is 0 Å². The Balaban J connectivity index is 2.66. The van der Waals surface area contributed by atoms with E-state index in [9.17, 15) is 15.0 Å². The summed E-state index contributed by atoms with van der Waals surface area (Å²) in [6.07, 6.45) is 0. The summed E-state index contributed by atoms with van der Waals surface area (Å²) in [6, 6.07) is 4.39. The molecule has 0 aliphatic rings. The van der Waals surface area contributed by atoms with Crippen LogP contribution in [0.1, 0.15) is 0 Å². The quantitative estimate of drug-likeness (QED) is 0.715. The summed E-state index contributed by atoms with van der Waals surface area (Å²) in [5.41, 5.74) is -0.564. The molecule has 1 aromatic heterocycles. The van der Waals surface area contributed by atoms with E-state index in [0.717, 1.165) is 0 Å². The first kappa shape index (κ1) is 14.8. The van der Waals surface area contributed by atoms with Crippen molar-refractivity contribution in [3.8, 4) is 28.7 Å². The van der Waals surface area contributed by atoms with E-state index in [2.05, 4.69) is 0 Å². The zero-order valence-electron chi connectivity index (χ0n) is 12.7. The molecule has 0 aliphatic carbocycles. The van der Waals surface area contributed by atoms with Crippen LogP contribution in [0.4, 0.5) is 0 Å². The summed E-state index contributed by atoms with van der Waals surface area (Å²) < 4.78 is 21.2. The maximum atomic E-state index is 12.7. The molecule has 0 atom stereocenters. The first-order chi connectivity index (χ1) is 11.0. The third-order valence-corrected chi connectivity index (χ3v) is 3.58. The molecule has 3 rings (SSSR count). The normalized spacial score (nSPS) is 10.9. The lowest BCUT2D eigenvalue weighted by Crippen LogP contribution is -2.05. The molecule has 7 heteroatoms. The number of fused-ring (bicyclic) bond motifs is 2. The summed E-state index contributed by atoms with van der Waals surface area (Å²) in [5.74, 6) is -0.488. The summed E-state index contributed by atoms with van der Waals surface area (Å²) in [6.45, 7) is 0. The van der Waals surface area contributed by atoms with Crippen LogP contribution in [0.5, 0.6) is 28.7 Å². The van der Waals surface area contributed by atoms with Crippen molar-refractivity contribution in [1.29, 1.82) is 0 Å². The first-order valence-electron chi connectivity index (χ1n) is 6.64. The minimum atomic E-state index is -0.520. The van der Waals surface area contributed by atoms with Gasteiger partial charge in [0.2, 0.25) is 22.7 Å². The van der Waals surface area contributed by atoms with Crippen molar-refractivity contribution >= 4 is 21.9 Å². The van der Waals surface area contributed by atoms with Crippen LogP contribution < -0.4 is 19.6 Å². The van der Waals surface area contributed by atoms with Gasteiger partial charge in [-0.15, -0.1) is 0 Å². The van der Waals surface area contributed by atoms with Gasteiger partial charge in [0.15, 0.2) is 22.7 Å². The summed E-state index contributed by atoms with van der Waals surface area (Å²) in [7, 11) is 4.06. The van der Waals surface area contributed by atoms with Crippen LogP contribution in [-0.2, 0) is 0 Å². The van der Waals surface area contributed by atoms with Crippen molar-refractivity contribution < 1.29 is 28.8 Å². The van der Waals surface area contributed by atoms with Gasteiger partial charge >= 0.3 is 0 Å². The van der Waals surface area contributed by atoms with Crippen LogP contribution in [0.15, 0.2) is 27.4 Å². The Labute approximate surface area is 130 Å². The van der Waals surface area contributed by atoms with Gasteiger partial charge in [-0.1, -0.05) is 6.07 Å². The predicted octanol–water partition coefficient (Wildman–Crippen LogP) is 2.38. The maximum absolute atomic E-state index is 12.7. The van der Waals surface area contributed by atoms with Crippen LogP contribution in [0.25, 0.3) is 21.9 Å². The third-order valence-electron chi connectivity index (χ3n) is 3.58. The van der Waals surface area contributed by atoms with Crippen molar-refractivity contribution in [3.63, 3.8) is 0 Å². The molecule has 0 saturated carbocycles. The molecular weight excluding hydrogens is 304 g/mol. The zero-order valence-corrected chi connectivity index (χ0v) is 12.7. The lowest BCUT2D eigenvalue weighted by atomic mass is 10.1. The zero-order chi connectivity index (χ0) is 16.7. The van der Waals surface area contributed by atoms with Crippen molar-refractivity contribution in [1.82, 2.24) is 0 Å². The second-order valence-electron chi connectivity index (χ2n) is 4.74. The molecule has 0 aliphatic heterocycles. The lowest BCUT2D eigenvalue weighted by molar-refractivity contribution is 0.311. The smallest absolute Gasteiger partial charge is 0.211 e. The molecule has 0 spiro atoms. The summed E-state index contributed by atoms with van der Waals surface area (Å²) in [5, 5.41) is 20.3. The second kappa shape index (κ2) is 5.28. The molecule has 2 aromatic carbocycles. The molecule has 3 aromatic rings. The number of phenolic OH excluding ortho intramolecular Hbond substituents is 2. The average Bonchev–Trinajstić information content (AvgIpc) is 2.55. The number of hydrogen-bond donors (Lipinski definition) is 2. The average molecular weight is 318 g/mol. The number of phenols is 2. The van der Waals surface area contributed by atoms with Crippen LogP contribution >= 0.6 is 0 Å². The molecule has 7 nitrogen and oxygen atoms in total. The van der Waals surface area contributed by atoms with Crippen molar-refractivity contribution in [3.05, 3.63) is 28.4 Å². The topological polar surface area (TPSA) is 98.4 Å². The van der Waals surface area contributed by atoms with Crippen LogP contribution in [0, 0.1) is 0 Å². The second-order valence-corrected chi connectivity index (χ2v) is 4.74. The molecule has 2 N–H and O–H groups in total. The van der Waals surface area contributed by atoms with E-state index < -0.39 is 11.2 Å². The largest absolute Gasteiger partial charge is 0.504 e. The highest BCUT2D eigenvalue weighted by atomic mass is 16.5. The van der Waals surface area contributed by atoms with Crippen molar-refractivity contribution in [2.75, 3.05) is 21.3 Å². The molecule has 0 amide bonds. The first-order valence-corrected chi connectivity index (χ1v) is 6.64. The fourth-order valence-corrected chi connectivity index (χ4v) is 2.56. The Morgan fingerprint density at radius 2 is 1.57 bits per heavy atom. The third kappa shape index (κ3) is 1.93. The number of methoxy groups -OCH3 is 3. The maximum Gasteiger partial charge on any atom is 0.211 e. The number of benzene rings is 2. The van der Waals surface area contributed by atoms with Crippen molar-refractivity contribution in [2.24, 2.45) is 0 Å². The molecule has 0 saturated heterocycles. The molecule has 0 unspecified atom stereocenters. The van der Waals surface area contributed by atoms with E-state index in [4.69, 9.17) is 18.6 Å². The van der Waals surface area contributed by atoms with E-state index in [1.807, 2.05) is 0 Å². The van der Waals surface area contributed by atoms with Gasteiger partial charge in [-0.05, 0) is 12.1 Å². The number of ether oxygens (including phenoxy) is 3. The molecular formula is C16H14O7. The highest BCUT2D eigenvalue weighted by Gasteiger charge is 2.27. The van der Waals surface area contributed by atoms with Gasteiger partial charge in [0.05, 0.1) is 26.7 Å². The Hall–Kier alpha value is -3.09. The van der Waals surface area contributed by atoms with Gasteiger partial charge in [-0.2, -0.15) is 0 Å². The molecule has 120 valence electrons. The van der Waals surface area contributed by atoms with Crippen LogP contribution in [0.2, 0.25) is 0 Å². The van der Waals surface area contributed by atoms with Gasteiger partial charge < -0.3 is 28.8 Å². The molecule has 1 heterocycles. The molecule has 23 heavy (non-hydrogen) atoms. The standard InChI is InChI=1S/C16H14O7/c1-20-14-11(19)9-10(18)7-5-4-6-8(17)12(7)23-13(9)15(21-2)16(14)22-3/h4-6,17,19H,1-3H3. The number of hydrogen-bond acceptors (Lipinski definition) is 7. The highest BCUT2D eigenvalue weighted by Crippen LogP contribution is 2.50. The monoisotopic (exact) mass is 318 g/mol.